The summed E-state index contributed by atoms with van der Waals surface area (Å²) in [5, 5.41) is 14.4. The fraction of sp³-hybridized carbons (Fsp3) is 0.125. The van der Waals surface area contributed by atoms with Crippen LogP contribution in [0.15, 0.2) is 46.9 Å². The lowest BCUT2D eigenvalue weighted by atomic mass is 10.1. The molecular weight excluding hydrogens is 330 g/mol. The summed E-state index contributed by atoms with van der Waals surface area (Å²) in [4.78, 5) is 12.0. The molecule has 106 valence electrons. The number of aryl methyl sites for hydroxylation is 1. The Balaban J connectivity index is 2.10. The van der Waals surface area contributed by atoms with Gasteiger partial charge in [0, 0.05) is 15.8 Å². The van der Waals surface area contributed by atoms with Crippen LogP contribution in [0.25, 0.3) is 0 Å². The monoisotopic (exact) mass is 343 g/mol. The summed E-state index contributed by atoms with van der Waals surface area (Å²) in [5.41, 5.74) is 2.91. The van der Waals surface area contributed by atoms with E-state index in [0.29, 0.717) is 11.3 Å². The molecule has 0 aliphatic rings. The van der Waals surface area contributed by atoms with E-state index in [2.05, 4.69) is 26.6 Å². The van der Waals surface area contributed by atoms with Gasteiger partial charge in [-0.15, -0.1) is 0 Å². The van der Waals surface area contributed by atoms with Crippen LogP contribution in [-0.4, -0.2) is 6.03 Å². The van der Waals surface area contributed by atoms with Crippen molar-refractivity contribution >= 4 is 33.3 Å². The number of anilines is 2. The van der Waals surface area contributed by atoms with Crippen molar-refractivity contribution in [2.24, 2.45) is 0 Å². The van der Waals surface area contributed by atoms with Crippen molar-refractivity contribution in [2.75, 3.05) is 10.6 Å². The van der Waals surface area contributed by atoms with Gasteiger partial charge in [-0.05, 0) is 48.4 Å². The van der Waals surface area contributed by atoms with Crippen LogP contribution in [0, 0.1) is 11.3 Å². The molecule has 0 fully saturated rings. The minimum Gasteiger partial charge on any atom is -0.308 e. The number of hydrogen-bond donors (Lipinski definition) is 2. The predicted octanol–water partition coefficient (Wildman–Crippen LogP) is 4.53. The third-order valence-corrected chi connectivity index (χ3v) is 3.44. The lowest BCUT2D eigenvalue weighted by molar-refractivity contribution is 0.262. The van der Waals surface area contributed by atoms with Crippen LogP contribution in [0.4, 0.5) is 16.2 Å². The molecule has 0 heterocycles. The number of hydrogen-bond acceptors (Lipinski definition) is 2. The Morgan fingerprint density at radius 1 is 1.24 bits per heavy atom. The number of halogens is 1. The molecular formula is C16H14BrN3O. The zero-order valence-corrected chi connectivity index (χ0v) is 13.1. The molecule has 2 N–H and O–H groups in total. The average Bonchev–Trinajstić information content (AvgIpc) is 2.49. The van der Waals surface area contributed by atoms with Crippen molar-refractivity contribution in [3.63, 3.8) is 0 Å². The van der Waals surface area contributed by atoms with Crippen LogP contribution in [0.1, 0.15) is 18.1 Å². The van der Waals surface area contributed by atoms with Crippen molar-refractivity contribution < 1.29 is 4.79 Å². The summed E-state index contributed by atoms with van der Waals surface area (Å²) in [6.07, 6.45) is 0.818. The molecule has 0 radical (unpaired) electrons. The quantitative estimate of drug-likeness (QED) is 0.859. The fourth-order valence-corrected chi connectivity index (χ4v) is 2.34. The van der Waals surface area contributed by atoms with Gasteiger partial charge in [0.2, 0.25) is 0 Å². The molecule has 0 saturated carbocycles. The van der Waals surface area contributed by atoms with E-state index in [-0.39, 0.29) is 6.03 Å². The van der Waals surface area contributed by atoms with Crippen LogP contribution in [-0.2, 0) is 6.42 Å². The van der Waals surface area contributed by atoms with E-state index < -0.39 is 0 Å². The summed E-state index contributed by atoms with van der Waals surface area (Å²) in [6.45, 7) is 2.03. The van der Waals surface area contributed by atoms with E-state index in [1.54, 1.807) is 24.3 Å². The molecule has 5 heteroatoms. The van der Waals surface area contributed by atoms with Crippen molar-refractivity contribution in [1.29, 1.82) is 5.26 Å². The smallest absolute Gasteiger partial charge is 0.308 e. The SMILES string of the molecule is CCc1cc(Br)ccc1NC(=O)Nc1cccc(C#N)c1. The van der Waals surface area contributed by atoms with E-state index in [1.807, 2.05) is 31.2 Å². The third-order valence-electron chi connectivity index (χ3n) is 2.95. The van der Waals surface area contributed by atoms with Crippen molar-refractivity contribution in [3.8, 4) is 6.07 Å². The van der Waals surface area contributed by atoms with E-state index in [9.17, 15) is 4.79 Å². The standard InChI is InChI=1S/C16H14BrN3O/c1-2-12-9-13(17)6-7-15(12)20-16(21)19-14-5-3-4-11(8-14)10-18/h3-9H,2H2,1H3,(H2,19,20,21). The molecule has 0 saturated heterocycles. The van der Waals surface area contributed by atoms with E-state index in [4.69, 9.17) is 5.26 Å². The number of urea groups is 1. The summed E-state index contributed by atoms with van der Waals surface area (Å²) in [7, 11) is 0. The maximum Gasteiger partial charge on any atom is 0.323 e. The first-order valence-electron chi connectivity index (χ1n) is 6.49. The van der Waals surface area contributed by atoms with Gasteiger partial charge in [0.1, 0.15) is 0 Å². The maximum absolute atomic E-state index is 12.0. The van der Waals surface area contributed by atoms with Crippen LogP contribution in [0.5, 0.6) is 0 Å². The number of nitrogens with zero attached hydrogens (tertiary/aromatic N) is 1. The molecule has 0 aromatic heterocycles. The molecule has 0 spiro atoms. The first-order chi connectivity index (χ1) is 10.1. The zero-order chi connectivity index (χ0) is 15.2. The second-order valence-corrected chi connectivity index (χ2v) is 5.34. The van der Waals surface area contributed by atoms with Gasteiger partial charge < -0.3 is 10.6 Å². The number of carbonyl (C=O) groups excluding carboxylic acids is 1. The van der Waals surface area contributed by atoms with Gasteiger partial charge in [0.05, 0.1) is 11.6 Å². The number of rotatable bonds is 3. The Hall–Kier alpha value is -2.32. The topological polar surface area (TPSA) is 64.9 Å². The highest BCUT2D eigenvalue weighted by atomic mass is 79.9. The summed E-state index contributed by atoms with van der Waals surface area (Å²) in [6, 6.07) is 14.2. The van der Waals surface area contributed by atoms with Gasteiger partial charge in [0.25, 0.3) is 0 Å². The van der Waals surface area contributed by atoms with Gasteiger partial charge in [-0.3, -0.25) is 0 Å². The molecule has 2 aromatic rings. The van der Waals surface area contributed by atoms with Crippen LogP contribution >= 0.6 is 15.9 Å². The molecule has 21 heavy (non-hydrogen) atoms. The molecule has 0 unspecified atom stereocenters. The number of benzene rings is 2. The van der Waals surface area contributed by atoms with Gasteiger partial charge in [-0.2, -0.15) is 5.26 Å². The van der Waals surface area contributed by atoms with E-state index >= 15 is 0 Å². The van der Waals surface area contributed by atoms with Crippen molar-refractivity contribution in [3.05, 3.63) is 58.1 Å². The second kappa shape index (κ2) is 6.91. The Morgan fingerprint density at radius 3 is 2.76 bits per heavy atom. The molecule has 0 bridgehead atoms. The highest BCUT2D eigenvalue weighted by molar-refractivity contribution is 9.10. The second-order valence-electron chi connectivity index (χ2n) is 4.43. The molecule has 4 nitrogen and oxygen atoms in total. The normalized spacial score (nSPS) is 9.76. The van der Waals surface area contributed by atoms with Crippen LogP contribution < -0.4 is 10.6 Å². The minimum absolute atomic E-state index is 0.331. The van der Waals surface area contributed by atoms with Gasteiger partial charge in [0.15, 0.2) is 0 Å². The van der Waals surface area contributed by atoms with Gasteiger partial charge in [-0.1, -0.05) is 28.9 Å². The van der Waals surface area contributed by atoms with E-state index in [0.717, 1.165) is 22.1 Å². The summed E-state index contributed by atoms with van der Waals surface area (Å²) in [5.74, 6) is 0. The molecule has 0 aliphatic heterocycles. The highest BCUT2D eigenvalue weighted by Crippen LogP contribution is 2.22. The van der Waals surface area contributed by atoms with Crippen molar-refractivity contribution in [1.82, 2.24) is 0 Å². The van der Waals surface area contributed by atoms with E-state index in [1.165, 1.54) is 0 Å². The van der Waals surface area contributed by atoms with Gasteiger partial charge >= 0.3 is 6.03 Å². The Bertz CT molecular complexity index is 707. The first-order valence-corrected chi connectivity index (χ1v) is 7.28. The minimum atomic E-state index is -0.331. The molecule has 2 rings (SSSR count). The first kappa shape index (κ1) is 15.1. The zero-order valence-electron chi connectivity index (χ0n) is 11.5. The summed E-state index contributed by atoms with van der Waals surface area (Å²) >= 11 is 3.41. The van der Waals surface area contributed by atoms with Gasteiger partial charge in [-0.25, -0.2) is 4.79 Å². The fourth-order valence-electron chi connectivity index (χ4n) is 1.93. The molecule has 0 aliphatic carbocycles. The third kappa shape index (κ3) is 4.07. The maximum atomic E-state index is 12.0. The molecule has 0 atom stereocenters. The van der Waals surface area contributed by atoms with Crippen molar-refractivity contribution in [2.45, 2.75) is 13.3 Å². The lowest BCUT2D eigenvalue weighted by Gasteiger charge is -2.11. The Labute approximate surface area is 131 Å². The molecule has 2 aromatic carbocycles. The predicted molar refractivity (Wildman–Crippen MR) is 87.3 cm³/mol. The number of amides is 2. The lowest BCUT2D eigenvalue weighted by Crippen LogP contribution is -2.20. The average molecular weight is 344 g/mol. The summed E-state index contributed by atoms with van der Waals surface area (Å²) < 4.78 is 0.979. The molecule has 2 amide bonds. The number of nitriles is 1. The van der Waals surface area contributed by atoms with Crippen LogP contribution in [0.2, 0.25) is 0 Å². The Morgan fingerprint density at radius 2 is 2.05 bits per heavy atom. The largest absolute Gasteiger partial charge is 0.323 e. The van der Waals surface area contributed by atoms with Crippen LogP contribution in [0.3, 0.4) is 0 Å². The Kier molecular flexibility index (Phi) is 4.96. The highest BCUT2D eigenvalue weighted by Gasteiger charge is 2.07. The number of carbonyl (C=O) groups is 1. The number of nitrogens with one attached hydrogen (secondary N) is 2.